The number of benzene rings is 1. The molecule has 100 valence electrons. The lowest BCUT2D eigenvalue weighted by molar-refractivity contribution is 0.0229. The van der Waals surface area contributed by atoms with Crippen molar-refractivity contribution in [3.8, 4) is 5.75 Å². The van der Waals surface area contributed by atoms with Crippen LogP contribution >= 0.6 is 0 Å². The number of hydrogen-bond acceptors (Lipinski definition) is 4. The van der Waals surface area contributed by atoms with Gasteiger partial charge in [-0.2, -0.15) is 0 Å². The molecule has 0 aliphatic heterocycles. The standard InChI is InChI=1S/C13H20N2O3/c1-13(2,18-4)8-15-12(16)9-5-6-11(17-3)10(14)7-9/h5-7H,8,14H2,1-4H3,(H,15,16). The quantitative estimate of drug-likeness (QED) is 0.777. The molecule has 1 amide bonds. The molecule has 5 nitrogen and oxygen atoms in total. The Kier molecular flexibility index (Phi) is 4.55. The van der Waals surface area contributed by atoms with E-state index < -0.39 is 5.60 Å². The van der Waals surface area contributed by atoms with E-state index in [1.807, 2.05) is 13.8 Å². The number of amides is 1. The number of nitrogens with two attached hydrogens (primary N) is 1. The van der Waals surface area contributed by atoms with Crippen LogP contribution in [-0.4, -0.2) is 32.3 Å². The van der Waals surface area contributed by atoms with Gasteiger partial charge in [0.2, 0.25) is 0 Å². The molecule has 0 aliphatic rings. The second kappa shape index (κ2) is 5.73. The number of ether oxygens (including phenoxy) is 2. The van der Waals surface area contributed by atoms with Crippen LogP contribution in [0.25, 0.3) is 0 Å². The van der Waals surface area contributed by atoms with Crippen molar-refractivity contribution in [2.75, 3.05) is 26.5 Å². The highest BCUT2D eigenvalue weighted by molar-refractivity contribution is 5.95. The zero-order valence-electron chi connectivity index (χ0n) is 11.2. The van der Waals surface area contributed by atoms with Gasteiger partial charge in [0, 0.05) is 19.2 Å². The molecule has 0 saturated carbocycles. The number of nitrogen functional groups attached to an aromatic ring is 1. The summed E-state index contributed by atoms with van der Waals surface area (Å²) in [4.78, 5) is 11.9. The van der Waals surface area contributed by atoms with E-state index in [4.69, 9.17) is 15.2 Å². The molecule has 1 rings (SSSR count). The maximum absolute atomic E-state index is 11.9. The van der Waals surface area contributed by atoms with Gasteiger partial charge in [-0.3, -0.25) is 4.79 Å². The van der Waals surface area contributed by atoms with Crippen LogP contribution in [0.3, 0.4) is 0 Å². The van der Waals surface area contributed by atoms with E-state index in [1.165, 1.54) is 7.11 Å². The van der Waals surface area contributed by atoms with Crippen molar-refractivity contribution in [1.29, 1.82) is 0 Å². The molecule has 0 fully saturated rings. The van der Waals surface area contributed by atoms with E-state index >= 15 is 0 Å². The summed E-state index contributed by atoms with van der Waals surface area (Å²) in [6, 6.07) is 4.93. The lowest BCUT2D eigenvalue weighted by atomic mass is 10.1. The highest BCUT2D eigenvalue weighted by Crippen LogP contribution is 2.21. The molecule has 0 radical (unpaired) electrons. The number of hydrogen-bond donors (Lipinski definition) is 2. The van der Waals surface area contributed by atoms with Crippen LogP contribution in [0, 0.1) is 0 Å². The zero-order chi connectivity index (χ0) is 13.8. The van der Waals surface area contributed by atoms with E-state index in [9.17, 15) is 4.79 Å². The molecule has 5 heteroatoms. The third-order valence-electron chi connectivity index (χ3n) is 2.72. The fourth-order valence-corrected chi connectivity index (χ4v) is 1.34. The summed E-state index contributed by atoms with van der Waals surface area (Å²) < 4.78 is 10.3. The first-order valence-electron chi connectivity index (χ1n) is 5.66. The molecule has 0 atom stereocenters. The summed E-state index contributed by atoms with van der Waals surface area (Å²) >= 11 is 0. The highest BCUT2D eigenvalue weighted by atomic mass is 16.5. The topological polar surface area (TPSA) is 73.6 Å². The Labute approximate surface area is 107 Å². The molecule has 0 aliphatic carbocycles. The lowest BCUT2D eigenvalue weighted by Crippen LogP contribution is -2.39. The largest absolute Gasteiger partial charge is 0.495 e. The minimum absolute atomic E-state index is 0.186. The van der Waals surface area contributed by atoms with Crippen LogP contribution in [0.2, 0.25) is 0 Å². The number of carbonyl (C=O) groups is 1. The first kappa shape index (κ1) is 14.3. The van der Waals surface area contributed by atoms with Gasteiger partial charge < -0.3 is 20.5 Å². The molecule has 0 unspecified atom stereocenters. The van der Waals surface area contributed by atoms with Gasteiger partial charge in [0.25, 0.3) is 5.91 Å². The summed E-state index contributed by atoms with van der Waals surface area (Å²) in [6.45, 7) is 4.22. The van der Waals surface area contributed by atoms with Gasteiger partial charge in [0.15, 0.2) is 0 Å². The average Bonchev–Trinajstić information content (AvgIpc) is 2.36. The minimum Gasteiger partial charge on any atom is -0.495 e. The number of anilines is 1. The van der Waals surface area contributed by atoms with Gasteiger partial charge in [0.05, 0.1) is 18.4 Å². The summed E-state index contributed by atoms with van der Waals surface area (Å²) in [7, 11) is 3.14. The summed E-state index contributed by atoms with van der Waals surface area (Å²) in [5.74, 6) is 0.373. The van der Waals surface area contributed by atoms with Gasteiger partial charge in [-0.15, -0.1) is 0 Å². The van der Waals surface area contributed by atoms with Gasteiger partial charge in [0.1, 0.15) is 5.75 Å². The monoisotopic (exact) mass is 252 g/mol. The Morgan fingerprint density at radius 1 is 1.39 bits per heavy atom. The lowest BCUT2D eigenvalue weighted by Gasteiger charge is -2.23. The van der Waals surface area contributed by atoms with Crippen molar-refractivity contribution in [2.45, 2.75) is 19.4 Å². The van der Waals surface area contributed by atoms with E-state index in [0.717, 1.165) is 0 Å². The molecule has 0 bridgehead atoms. The minimum atomic E-state index is -0.395. The van der Waals surface area contributed by atoms with E-state index in [1.54, 1.807) is 25.3 Å². The fourth-order valence-electron chi connectivity index (χ4n) is 1.34. The smallest absolute Gasteiger partial charge is 0.251 e. The van der Waals surface area contributed by atoms with Gasteiger partial charge in [-0.05, 0) is 32.0 Å². The van der Waals surface area contributed by atoms with Crippen LogP contribution in [-0.2, 0) is 4.74 Å². The van der Waals surface area contributed by atoms with Crippen molar-refractivity contribution in [3.63, 3.8) is 0 Å². The van der Waals surface area contributed by atoms with Gasteiger partial charge >= 0.3 is 0 Å². The molecule has 18 heavy (non-hydrogen) atoms. The number of methoxy groups -OCH3 is 2. The maximum atomic E-state index is 11.9. The Balaban J connectivity index is 2.71. The van der Waals surface area contributed by atoms with Crippen LogP contribution in [0.5, 0.6) is 5.75 Å². The third-order valence-corrected chi connectivity index (χ3v) is 2.72. The molecular formula is C13H20N2O3. The molecule has 3 N–H and O–H groups in total. The number of carbonyl (C=O) groups excluding carboxylic acids is 1. The second-order valence-corrected chi connectivity index (χ2v) is 4.60. The Morgan fingerprint density at radius 3 is 2.56 bits per heavy atom. The number of rotatable bonds is 5. The molecular weight excluding hydrogens is 232 g/mol. The molecule has 1 aromatic carbocycles. The summed E-state index contributed by atoms with van der Waals surface area (Å²) in [6.07, 6.45) is 0. The summed E-state index contributed by atoms with van der Waals surface area (Å²) in [5.41, 5.74) is 6.29. The zero-order valence-corrected chi connectivity index (χ0v) is 11.2. The predicted molar refractivity (Wildman–Crippen MR) is 70.8 cm³/mol. The normalized spacial score (nSPS) is 11.1. The van der Waals surface area contributed by atoms with Crippen LogP contribution in [0.1, 0.15) is 24.2 Å². The van der Waals surface area contributed by atoms with Crippen LogP contribution in [0.15, 0.2) is 18.2 Å². The van der Waals surface area contributed by atoms with E-state index in [2.05, 4.69) is 5.32 Å². The highest BCUT2D eigenvalue weighted by Gasteiger charge is 2.18. The van der Waals surface area contributed by atoms with Crippen molar-refractivity contribution in [1.82, 2.24) is 5.32 Å². The van der Waals surface area contributed by atoms with Gasteiger partial charge in [-0.1, -0.05) is 0 Å². The fraction of sp³-hybridized carbons (Fsp3) is 0.462. The summed E-state index contributed by atoms with van der Waals surface area (Å²) in [5, 5.41) is 2.79. The van der Waals surface area contributed by atoms with Crippen molar-refractivity contribution >= 4 is 11.6 Å². The van der Waals surface area contributed by atoms with E-state index in [0.29, 0.717) is 23.5 Å². The van der Waals surface area contributed by atoms with Crippen LogP contribution < -0.4 is 15.8 Å². The SMILES string of the molecule is COc1ccc(C(=O)NCC(C)(C)OC)cc1N. The Hall–Kier alpha value is -1.75. The molecule has 1 aromatic rings. The Morgan fingerprint density at radius 2 is 2.06 bits per heavy atom. The molecule has 0 heterocycles. The Bertz CT molecular complexity index is 430. The average molecular weight is 252 g/mol. The van der Waals surface area contributed by atoms with Crippen LogP contribution in [0.4, 0.5) is 5.69 Å². The predicted octanol–water partition coefficient (Wildman–Crippen LogP) is 1.43. The second-order valence-electron chi connectivity index (χ2n) is 4.60. The first-order chi connectivity index (χ1) is 8.39. The first-order valence-corrected chi connectivity index (χ1v) is 5.66. The van der Waals surface area contributed by atoms with Crippen molar-refractivity contribution < 1.29 is 14.3 Å². The van der Waals surface area contributed by atoms with Crippen molar-refractivity contribution in [2.24, 2.45) is 0 Å². The molecule has 0 aromatic heterocycles. The molecule has 0 spiro atoms. The van der Waals surface area contributed by atoms with Crippen molar-refractivity contribution in [3.05, 3.63) is 23.8 Å². The maximum Gasteiger partial charge on any atom is 0.251 e. The van der Waals surface area contributed by atoms with Gasteiger partial charge in [-0.25, -0.2) is 0 Å². The number of nitrogens with one attached hydrogen (secondary N) is 1. The third kappa shape index (κ3) is 3.63. The van der Waals surface area contributed by atoms with E-state index in [-0.39, 0.29) is 5.91 Å². The molecule has 0 saturated heterocycles.